The second-order valence-corrected chi connectivity index (χ2v) is 5.55. The number of benzene rings is 1. The first-order valence-electron chi connectivity index (χ1n) is 7.64. The van der Waals surface area contributed by atoms with Crippen molar-refractivity contribution in [2.24, 2.45) is 0 Å². The summed E-state index contributed by atoms with van der Waals surface area (Å²) in [6.07, 6.45) is 1.92. The minimum absolute atomic E-state index is 0.181. The Labute approximate surface area is 125 Å². The molecule has 112 valence electrons. The summed E-state index contributed by atoms with van der Waals surface area (Å²) in [6.45, 7) is 6.21. The maximum absolute atomic E-state index is 5.68. The van der Waals surface area contributed by atoms with E-state index in [1.165, 1.54) is 5.69 Å². The lowest BCUT2D eigenvalue weighted by atomic mass is 10.2. The molecule has 0 saturated carbocycles. The number of nitrogens with zero attached hydrogens (tertiary/aromatic N) is 3. The number of hydrogen-bond acceptors (Lipinski definition) is 5. The van der Waals surface area contributed by atoms with Gasteiger partial charge in [-0.1, -0.05) is 25.1 Å². The van der Waals surface area contributed by atoms with Crippen LogP contribution in [0.15, 0.2) is 34.7 Å². The number of aromatic nitrogens is 2. The predicted octanol–water partition coefficient (Wildman–Crippen LogP) is 2.88. The summed E-state index contributed by atoms with van der Waals surface area (Å²) in [5.41, 5.74) is 1.18. The van der Waals surface area contributed by atoms with Crippen LogP contribution in [0.2, 0.25) is 0 Å². The van der Waals surface area contributed by atoms with Gasteiger partial charge in [0, 0.05) is 31.2 Å². The zero-order chi connectivity index (χ0) is 14.7. The monoisotopic (exact) mass is 286 g/mol. The first kappa shape index (κ1) is 14.1. The first-order chi connectivity index (χ1) is 10.3. The Morgan fingerprint density at radius 1 is 1.33 bits per heavy atom. The zero-order valence-corrected chi connectivity index (χ0v) is 12.6. The van der Waals surface area contributed by atoms with E-state index in [0.29, 0.717) is 6.04 Å². The predicted molar refractivity (Wildman–Crippen MR) is 82.1 cm³/mol. The third-order valence-electron chi connectivity index (χ3n) is 4.05. The second kappa shape index (κ2) is 6.26. The number of para-hydroxylation sites is 1. The fourth-order valence-corrected chi connectivity index (χ4v) is 2.76. The molecule has 1 aromatic heterocycles. The van der Waals surface area contributed by atoms with Gasteiger partial charge < -0.3 is 9.73 Å². The maximum Gasteiger partial charge on any atom is 0.233 e. The van der Waals surface area contributed by atoms with E-state index in [1.54, 1.807) is 0 Å². The Morgan fingerprint density at radius 2 is 2.14 bits per heavy atom. The van der Waals surface area contributed by atoms with Crippen LogP contribution in [-0.2, 0) is 6.42 Å². The molecule has 0 bridgehead atoms. The SMILES string of the molecule is CCc1nnc(C(C)N2CCC(Nc3ccccc3)C2)o1. The summed E-state index contributed by atoms with van der Waals surface area (Å²) in [6, 6.07) is 11.0. The number of hydrogen-bond donors (Lipinski definition) is 1. The van der Waals surface area contributed by atoms with Gasteiger partial charge >= 0.3 is 0 Å². The lowest BCUT2D eigenvalue weighted by Crippen LogP contribution is -2.28. The van der Waals surface area contributed by atoms with Gasteiger partial charge in [0.2, 0.25) is 11.8 Å². The number of anilines is 1. The minimum atomic E-state index is 0.181. The van der Waals surface area contributed by atoms with Gasteiger partial charge in [0.15, 0.2) is 0 Å². The van der Waals surface area contributed by atoms with Crippen molar-refractivity contribution >= 4 is 5.69 Å². The minimum Gasteiger partial charge on any atom is -0.424 e. The van der Waals surface area contributed by atoms with Crippen LogP contribution in [0, 0.1) is 0 Å². The lowest BCUT2D eigenvalue weighted by Gasteiger charge is -2.21. The second-order valence-electron chi connectivity index (χ2n) is 5.55. The van der Waals surface area contributed by atoms with Crippen LogP contribution in [0.4, 0.5) is 5.69 Å². The summed E-state index contributed by atoms with van der Waals surface area (Å²) < 4.78 is 5.68. The fourth-order valence-electron chi connectivity index (χ4n) is 2.76. The average molecular weight is 286 g/mol. The van der Waals surface area contributed by atoms with Crippen molar-refractivity contribution in [2.75, 3.05) is 18.4 Å². The molecule has 2 unspecified atom stereocenters. The van der Waals surface area contributed by atoms with Gasteiger partial charge in [0.25, 0.3) is 0 Å². The van der Waals surface area contributed by atoms with Crippen LogP contribution in [0.5, 0.6) is 0 Å². The Kier molecular flexibility index (Phi) is 4.20. The van der Waals surface area contributed by atoms with Gasteiger partial charge in [-0.2, -0.15) is 0 Å². The molecule has 2 atom stereocenters. The van der Waals surface area contributed by atoms with Crippen LogP contribution in [0.1, 0.15) is 38.1 Å². The molecule has 5 nitrogen and oxygen atoms in total. The standard InChI is InChI=1S/C16H22N4O/c1-3-15-18-19-16(21-15)12(2)20-10-9-14(11-20)17-13-7-5-4-6-8-13/h4-8,12,14,17H,3,9-11H2,1-2H3. The van der Waals surface area contributed by atoms with Gasteiger partial charge in [-0.15, -0.1) is 10.2 Å². The van der Waals surface area contributed by atoms with Crippen molar-refractivity contribution in [1.82, 2.24) is 15.1 Å². The molecule has 2 aromatic rings. The molecule has 2 heterocycles. The molecule has 1 aliphatic heterocycles. The summed E-state index contributed by atoms with van der Waals surface area (Å²) in [5, 5.41) is 11.8. The molecule has 0 radical (unpaired) electrons. The molecule has 1 fully saturated rings. The summed E-state index contributed by atoms with van der Waals surface area (Å²) in [4.78, 5) is 2.40. The van der Waals surface area contributed by atoms with Crippen LogP contribution < -0.4 is 5.32 Å². The van der Waals surface area contributed by atoms with Gasteiger partial charge in [-0.3, -0.25) is 4.90 Å². The Morgan fingerprint density at radius 3 is 2.86 bits per heavy atom. The van der Waals surface area contributed by atoms with Gasteiger partial charge in [-0.25, -0.2) is 0 Å². The van der Waals surface area contributed by atoms with Gasteiger partial charge in [-0.05, 0) is 25.5 Å². The molecule has 1 aliphatic rings. The molecule has 0 amide bonds. The van der Waals surface area contributed by atoms with E-state index in [1.807, 2.05) is 13.0 Å². The van der Waals surface area contributed by atoms with E-state index in [2.05, 4.69) is 51.6 Å². The Bertz CT molecular complexity index is 569. The highest BCUT2D eigenvalue weighted by Gasteiger charge is 2.29. The maximum atomic E-state index is 5.68. The van der Waals surface area contributed by atoms with Crippen molar-refractivity contribution in [3.8, 4) is 0 Å². The van der Waals surface area contributed by atoms with E-state index in [9.17, 15) is 0 Å². The van der Waals surface area contributed by atoms with Crippen LogP contribution in [0.3, 0.4) is 0 Å². The number of likely N-dealkylation sites (tertiary alicyclic amines) is 1. The van der Waals surface area contributed by atoms with E-state index in [-0.39, 0.29) is 6.04 Å². The molecule has 21 heavy (non-hydrogen) atoms. The zero-order valence-electron chi connectivity index (χ0n) is 12.6. The number of rotatable bonds is 5. The summed E-state index contributed by atoms with van der Waals surface area (Å²) >= 11 is 0. The van der Waals surface area contributed by atoms with Crippen LogP contribution in [-0.4, -0.2) is 34.2 Å². The largest absolute Gasteiger partial charge is 0.424 e. The van der Waals surface area contributed by atoms with Crippen molar-refractivity contribution in [2.45, 2.75) is 38.8 Å². The molecule has 5 heteroatoms. The molecule has 1 aromatic carbocycles. The molecular formula is C16H22N4O. The Hall–Kier alpha value is -1.88. The summed E-state index contributed by atoms with van der Waals surface area (Å²) in [5.74, 6) is 1.45. The molecule has 1 N–H and O–H groups in total. The van der Waals surface area contributed by atoms with Crippen molar-refractivity contribution < 1.29 is 4.42 Å². The molecular weight excluding hydrogens is 264 g/mol. The molecule has 1 saturated heterocycles. The topological polar surface area (TPSA) is 54.2 Å². The van der Waals surface area contributed by atoms with Crippen molar-refractivity contribution in [1.29, 1.82) is 0 Å². The van der Waals surface area contributed by atoms with Crippen LogP contribution >= 0.6 is 0 Å². The van der Waals surface area contributed by atoms with E-state index in [4.69, 9.17) is 4.42 Å². The van der Waals surface area contributed by atoms with E-state index < -0.39 is 0 Å². The molecule has 0 aliphatic carbocycles. The third-order valence-corrected chi connectivity index (χ3v) is 4.05. The smallest absolute Gasteiger partial charge is 0.233 e. The molecule has 3 rings (SSSR count). The average Bonchev–Trinajstić information content (AvgIpc) is 3.16. The van der Waals surface area contributed by atoms with Crippen molar-refractivity contribution in [3.05, 3.63) is 42.1 Å². The normalized spacial score (nSPS) is 20.6. The van der Waals surface area contributed by atoms with Gasteiger partial charge in [0.05, 0.1) is 6.04 Å². The van der Waals surface area contributed by atoms with E-state index >= 15 is 0 Å². The molecule has 0 spiro atoms. The van der Waals surface area contributed by atoms with Gasteiger partial charge in [0.1, 0.15) is 0 Å². The lowest BCUT2D eigenvalue weighted by molar-refractivity contribution is 0.220. The third kappa shape index (κ3) is 3.24. The Balaban J connectivity index is 1.58. The summed E-state index contributed by atoms with van der Waals surface area (Å²) in [7, 11) is 0. The quantitative estimate of drug-likeness (QED) is 0.916. The van der Waals surface area contributed by atoms with E-state index in [0.717, 1.165) is 37.7 Å². The number of nitrogens with one attached hydrogen (secondary N) is 1. The highest BCUT2D eigenvalue weighted by atomic mass is 16.4. The fraction of sp³-hybridized carbons (Fsp3) is 0.500. The first-order valence-corrected chi connectivity index (χ1v) is 7.64. The highest BCUT2D eigenvalue weighted by molar-refractivity contribution is 5.43. The van der Waals surface area contributed by atoms with Crippen molar-refractivity contribution in [3.63, 3.8) is 0 Å². The number of aryl methyl sites for hydroxylation is 1. The van der Waals surface area contributed by atoms with Crippen LogP contribution in [0.25, 0.3) is 0 Å². The highest BCUT2D eigenvalue weighted by Crippen LogP contribution is 2.25.